The molecule has 0 aliphatic rings. The van der Waals surface area contributed by atoms with Crippen LogP contribution >= 0.6 is 0 Å². The summed E-state index contributed by atoms with van der Waals surface area (Å²) < 4.78 is 6.40. The van der Waals surface area contributed by atoms with E-state index in [4.69, 9.17) is 4.43 Å². The molecule has 0 bridgehead atoms. The molecule has 1 aromatic heterocycles. The average Bonchev–Trinajstić information content (AvgIpc) is 2.64. The standard InChI is InChI=1S/C23H29N2OSi/c1-7-21-18(15-20(16-24)22-13-8-9-14-25-22)11-10-12-19(21)17-26-27(5,6)23(2,3)4/h8-11,13-15H,7,17H2,1-6H3. The molecule has 0 spiro atoms. The quantitative estimate of drug-likeness (QED) is 0.456. The predicted octanol–water partition coefficient (Wildman–Crippen LogP) is 6.03. The molecule has 0 aliphatic carbocycles. The number of hydrogen-bond acceptors (Lipinski definition) is 3. The third-order valence-electron chi connectivity index (χ3n) is 5.33. The molecule has 0 N–H and O–H groups in total. The van der Waals surface area contributed by atoms with E-state index in [9.17, 15) is 5.26 Å². The lowest BCUT2D eigenvalue weighted by atomic mass is 9.97. The number of pyridine rings is 1. The van der Waals surface area contributed by atoms with Gasteiger partial charge in [0.1, 0.15) is 6.07 Å². The minimum absolute atomic E-state index is 0.170. The Morgan fingerprint density at radius 3 is 2.59 bits per heavy atom. The first-order chi connectivity index (χ1) is 12.7. The summed E-state index contributed by atoms with van der Waals surface area (Å²) in [6, 6.07) is 15.2. The molecule has 1 aromatic carbocycles. The Balaban J connectivity index is 2.37. The van der Waals surface area contributed by atoms with Gasteiger partial charge in [0.2, 0.25) is 0 Å². The second kappa shape index (κ2) is 8.64. The zero-order chi connectivity index (χ0) is 20.1. The molecular formula is C23H29N2OSi. The lowest BCUT2D eigenvalue weighted by Gasteiger charge is -2.36. The molecule has 27 heavy (non-hydrogen) atoms. The highest BCUT2D eigenvalue weighted by Gasteiger charge is 2.37. The smallest absolute Gasteiger partial charge is 0.192 e. The Labute approximate surface area is 164 Å². The number of aromatic nitrogens is 1. The van der Waals surface area contributed by atoms with E-state index in [-0.39, 0.29) is 5.04 Å². The van der Waals surface area contributed by atoms with Crippen molar-refractivity contribution < 1.29 is 4.43 Å². The van der Waals surface area contributed by atoms with Crippen LogP contribution in [0.5, 0.6) is 0 Å². The lowest BCUT2D eigenvalue weighted by molar-refractivity contribution is 0.275. The van der Waals surface area contributed by atoms with Crippen molar-refractivity contribution in [2.75, 3.05) is 0 Å². The fourth-order valence-corrected chi connectivity index (χ4v) is 3.52. The van der Waals surface area contributed by atoms with E-state index in [0.29, 0.717) is 17.9 Å². The van der Waals surface area contributed by atoms with Gasteiger partial charge in [-0.1, -0.05) is 45.9 Å². The van der Waals surface area contributed by atoms with Crippen molar-refractivity contribution in [1.82, 2.24) is 4.98 Å². The molecule has 0 fully saturated rings. The molecular weight excluding hydrogens is 348 g/mol. The maximum Gasteiger partial charge on any atom is 0.192 e. The van der Waals surface area contributed by atoms with Crippen LogP contribution in [0.3, 0.4) is 0 Å². The predicted molar refractivity (Wildman–Crippen MR) is 114 cm³/mol. The van der Waals surface area contributed by atoms with E-state index in [1.807, 2.05) is 36.4 Å². The third kappa shape index (κ3) is 5.15. The van der Waals surface area contributed by atoms with E-state index < -0.39 is 8.32 Å². The molecule has 0 saturated carbocycles. The number of benzene rings is 1. The molecule has 0 unspecified atom stereocenters. The fourth-order valence-electron chi connectivity index (χ4n) is 2.59. The lowest BCUT2D eigenvalue weighted by Crippen LogP contribution is -2.40. The Morgan fingerprint density at radius 1 is 1.30 bits per heavy atom. The van der Waals surface area contributed by atoms with Crippen molar-refractivity contribution in [3.63, 3.8) is 0 Å². The summed E-state index contributed by atoms with van der Waals surface area (Å²) in [6.07, 6.45) is 4.49. The van der Waals surface area contributed by atoms with Gasteiger partial charge in [0, 0.05) is 6.20 Å². The third-order valence-corrected chi connectivity index (χ3v) is 9.81. The highest BCUT2D eigenvalue weighted by molar-refractivity contribution is 6.74. The van der Waals surface area contributed by atoms with Crippen LogP contribution in [-0.4, -0.2) is 13.3 Å². The van der Waals surface area contributed by atoms with Crippen LogP contribution < -0.4 is 0 Å². The number of nitriles is 1. The van der Waals surface area contributed by atoms with Crippen molar-refractivity contribution in [2.24, 2.45) is 0 Å². The SMILES string of the molecule is CCc1c(CO[Si](C)(C)C(C)(C)C)[c]ccc1C=C(C#N)c1ccccn1. The molecule has 1 radical (unpaired) electrons. The van der Waals surface area contributed by atoms with Gasteiger partial charge in [-0.3, -0.25) is 4.98 Å². The van der Waals surface area contributed by atoms with E-state index in [2.05, 4.69) is 57.9 Å². The summed E-state index contributed by atoms with van der Waals surface area (Å²) in [5, 5.41) is 9.76. The molecule has 4 heteroatoms. The molecule has 141 valence electrons. The molecule has 3 nitrogen and oxygen atoms in total. The van der Waals surface area contributed by atoms with Crippen LogP contribution in [-0.2, 0) is 17.5 Å². The summed E-state index contributed by atoms with van der Waals surface area (Å²) in [7, 11) is -1.83. The van der Waals surface area contributed by atoms with Crippen LogP contribution in [0.4, 0.5) is 0 Å². The van der Waals surface area contributed by atoms with Gasteiger partial charge in [-0.2, -0.15) is 5.26 Å². The first kappa shape index (κ1) is 21.1. The molecule has 2 rings (SSSR count). The Morgan fingerprint density at radius 2 is 2.04 bits per heavy atom. The van der Waals surface area contributed by atoms with Gasteiger partial charge in [-0.25, -0.2) is 0 Å². The second-order valence-electron chi connectivity index (χ2n) is 8.18. The monoisotopic (exact) mass is 377 g/mol. The average molecular weight is 378 g/mol. The summed E-state index contributed by atoms with van der Waals surface area (Å²) >= 11 is 0. The Hall–Kier alpha value is -2.22. The number of allylic oxidation sites excluding steroid dienone is 1. The van der Waals surface area contributed by atoms with E-state index >= 15 is 0 Å². The normalized spacial score (nSPS) is 12.7. The van der Waals surface area contributed by atoms with Gasteiger partial charge in [0.05, 0.1) is 17.9 Å². The summed E-state index contributed by atoms with van der Waals surface area (Å²) in [5.41, 5.74) is 4.54. The molecule has 0 amide bonds. The first-order valence-corrected chi connectivity index (χ1v) is 12.3. The van der Waals surface area contributed by atoms with E-state index in [0.717, 1.165) is 17.5 Å². The summed E-state index contributed by atoms with van der Waals surface area (Å²) in [4.78, 5) is 4.30. The molecule has 0 aliphatic heterocycles. The number of nitrogens with zero attached hydrogens (tertiary/aromatic N) is 2. The largest absolute Gasteiger partial charge is 0.413 e. The molecule has 2 aromatic rings. The van der Waals surface area contributed by atoms with Crippen LogP contribution in [0.1, 0.15) is 50.1 Å². The minimum Gasteiger partial charge on any atom is -0.413 e. The molecule has 0 saturated heterocycles. The van der Waals surface area contributed by atoms with Gasteiger partial charge >= 0.3 is 0 Å². The van der Waals surface area contributed by atoms with Crippen molar-refractivity contribution in [3.05, 3.63) is 65.0 Å². The van der Waals surface area contributed by atoms with Crippen molar-refractivity contribution in [3.8, 4) is 6.07 Å². The van der Waals surface area contributed by atoms with Crippen LogP contribution in [0, 0.1) is 17.4 Å². The number of hydrogen-bond donors (Lipinski definition) is 0. The summed E-state index contributed by atoms with van der Waals surface area (Å²) in [6.45, 7) is 13.9. The number of rotatable bonds is 6. The maximum absolute atomic E-state index is 9.59. The zero-order valence-corrected chi connectivity index (χ0v) is 18.3. The highest BCUT2D eigenvalue weighted by Crippen LogP contribution is 2.37. The van der Waals surface area contributed by atoms with Crippen LogP contribution in [0.15, 0.2) is 36.5 Å². The van der Waals surface area contributed by atoms with Crippen molar-refractivity contribution >= 4 is 20.0 Å². The van der Waals surface area contributed by atoms with E-state index in [1.165, 1.54) is 5.56 Å². The van der Waals surface area contributed by atoms with Crippen molar-refractivity contribution in [1.29, 1.82) is 5.26 Å². The fraction of sp³-hybridized carbons (Fsp3) is 0.391. The summed E-state index contributed by atoms with van der Waals surface area (Å²) in [5.74, 6) is 0. The molecule has 0 atom stereocenters. The minimum atomic E-state index is -1.83. The Kier molecular flexibility index (Phi) is 6.75. The zero-order valence-electron chi connectivity index (χ0n) is 17.3. The molecule has 1 heterocycles. The second-order valence-corrected chi connectivity index (χ2v) is 13.0. The highest BCUT2D eigenvalue weighted by atomic mass is 28.4. The Bertz CT molecular complexity index is 843. The van der Waals surface area contributed by atoms with Gasteiger partial charge < -0.3 is 4.43 Å². The van der Waals surface area contributed by atoms with E-state index in [1.54, 1.807) is 6.20 Å². The topological polar surface area (TPSA) is 45.9 Å². The van der Waals surface area contributed by atoms with Gasteiger partial charge in [-0.05, 0) is 65.5 Å². The van der Waals surface area contributed by atoms with Crippen LogP contribution in [0.2, 0.25) is 18.1 Å². The first-order valence-electron chi connectivity index (χ1n) is 9.39. The van der Waals surface area contributed by atoms with Gasteiger partial charge in [0.25, 0.3) is 0 Å². The van der Waals surface area contributed by atoms with Crippen LogP contribution in [0.25, 0.3) is 11.6 Å². The maximum atomic E-state index is 9.59. The van der Waals surface area contributed by atoms with Crippen molar-refractivity contribution in [2.45, 2.75) is 58.9 Å². The van der Waals surface area contributed by atoms with Gasteiger partial charge in [-0.15, -0.1) is 0 Å². The van der Waals surface area contributed by atoms with Gasteiger partial charge in [0.15, 0.2) is 8.32 Å².